The van der Waals surface area contributed by atoms with E-state index in [1.54, 1.807) is 24.3 Å². The van der Waals surface area contributed by atoms with Gasteiger partial charge < -0.3 is 9.52 Å². The van der Waals surface area contributed by atoms with Gasteiger partial charge in [0.05, 0.1) is 5.56 Å². The number of nitrogens with zero attached hydrogens (tertiary/aromatic N) is 1. The molecule has 2 aromatic carbocycles. The third-order valence-electron chi connectivity index (χ3n) is 3.10. The Morgan fingerprint density at radius 1 is 1.09 bits per heavy atom. The quantitative estimate of drug-likeness (QED) is 0.772. The van der Waals surface area contributed by atoms with Gasteiger partial charge in [-0.05, 0) is 12.1 Å². The van der Waals surface area contributed by atoms with E-state index in [1.807, 2.05) is 30.3 Å². The van der Waals surface area contributed by atoms with Crippen LogP contribution in [0.25, 0.3) is 22.7 Å². The second kappa shape index (κ2) is 5.73. The van der Waals surface area contributed by atoms with Crippen LogP contribution in [0.2, 0.25) is 0 Å². The fraction of sp³-hybridized carbons (Fsp3) is 0.0588. The largest absolute Gasteiger partial charge is 0.507 e. The molecule has 0 aliphatic heterocycles. The maximum atomic E-state index is 11.4. The lowest BCUT2D eigenvalue weighted by molar-refractivity contribution is -0.114. The fourth-order valence-electron chi connectivity index (χ4n) is 2.13. The Bertz CT molecular complexity index is 810. The summed E-state index contributed by atoms with van der Waals surface area (Å²) in [6, 6.07) is 16.1. The first-order valence-electron chi connectivity index (χ1n) is 6.77. The Morgan fingerprint density at radius 3 is 2.45 bits per heavy atom. The van der Waals surface area contributed by atoms with Crippen LogP contribution in [-0.2, 0) is 4.79 Å². The molecule has 0 saturated heterocycles. The number of benzene rings is 2. The van der Waals surface area contributed by atoms with Crippen molar-refractivity contribution in [1.29, 1.82) is 0 Å². The predicted octanol–water partition coefficient (Wildman–Crippen LogP) is 3.67. The molecule has 0 bridgehead atoms. The number of carbonyl (C=O) groups excluding carboxylic acids is 1. The van der Waals surface area contributed by atoms with Gasteiger partial charge in [0.1, 0.15) is 11.4 Å². The lowest BCUT2D eigenvalue weighted by Gasteiger charge is -2.00. The van der Waals surface area contributed by atoms with Crippen molar-refractivity contribution >= 4 is 11.8 Å². The summed E-state index contributed by atoms with van der Waals surface area (Å²) in [6.45, 7) is 1.40. The number of phenols is 1. The Hall–Kier alpha value is -3.08. The molecule has 1 amide bonds. The summed E-state index contributed by atoms with van der Waals surface area (Å²) in [5, 5.41) is 12.6. The molecule has 3 rings (SSSR count). The van der Waals surface area contributed by atoms with E-state index >= 15 is 0 Å². The van der Waals surface area contributed by atoms with Crippen molar-refractivity contribution in [2.45, 2.75) is 6.92 Å². The molecule has 1 aromatic heterocycles. The normalized spacial score (nSPS) is 10.4. The minimum Gasteiger partial charge on any atom is -0.507 e. The highest BCUT2D eigenvalue weighted by Crippen LogP contribution is 2.35. The van der Waals surface area contributed by atoms with Gasteiger partial charge in [0.2, 0.25) is 17.7 Å². The summed E-state index contributed by atoms with van der Waals surface area (Å²) in [5.74, 6) is 0.326. The number of rotatable bonds is 3. The highest BCUT2D eigenvalue weighted by atomic mass is 16.4. The van der Waals surface area contributed by atoms with Gasteiger partial charge in [-0.15, -0.1) is 0 Å². The predicted molar refractivity (Wildman–Crippen MR) is 83.3 cm³/mol. The van der Waals surface area contributed by atoms with E-state index in [1.165, 1.54) is 6.92 Å². The van der Waals surface area contributed by atoms with Crippen LogP contribution in [0.4, 0.5) is 5.88 Å². The second-order valence-corrected chi connectivity index (χ2v) is 4.76. The first-order valence-corrected chi connectivity index (χ1v) is 6.77. The molecule has 0 spiro atoms. The average Bonchev–Trinajstić information content (AvgIpc) is 2.91. The van der Waals surface area contributed by atoms with Gasteiger partial charge in [0.25, 0.3) is 0 Å². The van der Waals surface area contributed by atoms with E-state index in [2.05, 4.69) is 10.3 Å². The highest BCUT2D eigenvalue weighted by Gasteiger charge is 2.18. The Kier molecular flexibility index (Phi) is 3.62. The lowest BCUT2D eigenvalue weighted by atomic mass is 10.1. The summed E-state index contributed by atoms with van der Waals surface area (Å²) in [4.78, 5) is 15.8. The molecule has 0 atom stereocenters. The molecule has 5 heteroatoms. The third kappa shape index (κ3) is 2.69. The van der Waals surface area contributed by atoms with Crippen LogP contribution in [0, 0.1) is 0 Å². The Labute approximate surface area is 127 Å². The van der Waals surface area contributed by atoms with Crippen LogP contribution in [0.15, 0.2) is 59.0 Å². The third-order valence-corrected chi connectivity index (χ3v) is 3.10. The minimum atomic E-state index is -0.253. The number of phenolic OH excluding ortho intramolecular Hbond substituents is 1. The molecule has 22 heavy (non-hydrogen) atoms. The number of amides is 1. The van der Waals surface area contributed by atoms with E-state index in [4.69, 9.17) is 4.42 Å². The molecule has 110 valence electrons. The molecule has 0 aliphatic rings. The number of aromatic hydroxyl groups is 1. The number of aromatic nitrogens is 1. The van der Waals surface area contributed by atoms with Gasteiger partial charge in [-0.25, -0.2) is 4.98 Å². The lowest BCUT2D eigenvalue weighted by Crippen LogP contribution is -2.05. The smallest absolute Gasteiger partial charge is 0.233 e. The van der Waals surface area contributed by atoms with Crippen molar-refractivity contribution in [2.75, 3.05) is 5.32 Å². The molecule has 0 unspecified atom stereocenters. The van der Waals surface area contributed by atoms with Gasteiger partial charge in [0.15, 0.2) is 0 Å². The van der Waals surface area contributed by atoms with Gasteiger partial charge in [-0.2, -0.15) is 0 Å². The number of para-hydroxylation sites is 1. The Balaban J connectivity index is 2.13. The molecular formula is C17H14N2O3. The van der Waals surface area contributed by atoms with E-state index < -0.39 is 0 Å². The monoisotopic (exact) mass is 294 g/mol. The van der Waals surface area contributed by atoms with Gasteiger partial charge in [-0.3, -0.25) is 10.1 Å². The number of hydrogen-bond donors (Lipinski definition) is 2. The van der Waals surface area contributed by atoms with Crippen molar-refractivity contribution in [3.05, 3.63) is 54.6 Å². The fourth-order valence-corrected chi connectivity index (χ4v) is 2.13. The van der Waals surface area contributed by atoms with E-state index in [-0.39, 0.29) is 23.4 Å². The molecule has 0 fully saturated rings. The zero-order valence-electron chi connectivity index (χ0n) is 11.9. The summed E-state index contributed by atoms with van der Waals surface area (Å²) in [5.41, 5.74) is 1.81. The number of hydrogen-bond acceptors (Lipinski definition) is 4. The minimum absolute atomic E-state index is 0.0673. The molecule has 2 N–H and O–H groups in total. The van der Waals surface area contributed by atoms with Crippen LogP contribution in [-0.4, -0.2) is 16.0 Å². The highest BCUT2D eigenvalue weighted by molar-refractivity contribution is 5.91. The van der Waals surface area contributed by atoms with Gasteiger partial charge in [0, 0.05) is 12.5 Å². The molecule has 3 aromatic rings. The zero-order chi connectivity index (χ0) is 15.5. The van der Waals surface area contributed by atoms with E-state index in [0.29, 0.717) is 11.3 Å². The SMILES string of the molecule is CC(=O)Nc1oc(-c2ccccc2O)nc1-c1ccccc1. The molecule has 0 radical (unpaired) electrons. The number of oxazole rings is 1. The van der Waals surface area contributed by atoms with Crippen molar-refractivity contribution < 1.29 is 14.3 Å². The average molecular weight is 294 g/mol. The summed E-state index contributed by atoms with van der Waals surface area (Å²) in [7, 11) is 0. The maximum absolute atomic E-state index is 11.4. The molecular weight excluding hydrogens is 280 g/mol. The van der Waals surface area contributed by atoms with E-state index in [0.717, 1.165) is 5.56 Å². The van der Waals surface area contributed by atoms with Crippen LogP contribution < -0.4 is 5.32 Å². The zero-order valence-corrected chi connectivity index (χ0v) is 11.9. The Morgan fingerprint density at radius 2 is 1.77 bits per heavy atom. The van der Waals surface area contributed by atoms with Crippen molar-refractivity contribution in [2.24, 2.45) is 0 Å². The topological polar surface area (TPSA) is 75.4 Å². The number of anilines is 1. The summed E-state index contributed by atoms with van der Waals surface area (Å²) >= 11 is 0. The molecule has 5 nitrogen and oxygen atoms in total. The number of carbonyl (C=O) groups is 1. The van der Waals surface area contributed by atoms with Crippen LogP contribution in [0.1, 0.15) is 6.92 Å². The first-order chi connectivity index (χ1) is 10.6. The van der Waals surface area contributed by atoms with Crippen molar-refractivity contribution in [1.82, 2.24) is 4.98 Å². The van der Waals surface area contributed by atoms with Gasteiger partial charge in [-0.1, -0.05) is 42.5 Å². The molecule has 0 saturated carbocycles. The second-order valence-electron chi connectivity index (χ2n) is 4.76. The number of nitrogens with one attached hydrogen (secondary N) is 1. The van der Waals surface area contributed by atoms with Gasteiger partial charge >= 0.3 is 0 Å². The molecule has 1 heterocycles. The van der Waals surface area contributed by atoms with Crippen LogP contribution in [0.5, 0.6) is 5.75 Å². The van der Waals surface area contributed by atoms with Crippen LogP contribution >= 0.6 is 0 Å². The van der Waals surface area contributed by atoms with Crippen LogP contribution in [0.3, 0.4) is 0 Å². The summed E-state index contributed by atoms with van der Waals surface area (Å²) < 4.78 is 5.64. The molecule has 0 aliphatic carbocycles. The first kappa shape index (κ1) is 13.9. The summed E-state index contributed by atoms with van der Waals surface area (Å²) in [6.07, 6.45) is 0. The van der Waals surface area contributed by atoms with E-state index in [9.17, 15) is 9.90 Å². The van der Waals surface area contributed by atoms with Crippen molar-refractivity contribution in [3.8, 4) is 28.5 Å². The maximum Gasteiger partial charge on any atom is 0.233 e. The standard InChI is InChI=1S/C17H14N2O3/c1-11(20)18-17-15(12-7-3-2-4-8-12)19-16(22-17)13-9-5-6-10-14(13)21/h2-10,21H,1H3,(H,18,20). The van der Waals surface area contributed by atoms with Crippen molar-refractivity contribution in [3.63, 3.8) is 0 Å².